The fraction of sp³-hybridized carbons (Fsp3) is 0.0870. The summed E-state index contributed by atoms with van der Waals surface area (Å²) in [5, 5.41) is 10.1. The quantitative estimate of drug-likeness (QED) is 0.291. The summed E-state index contributed by atoms with van der Waals surface area (Å²) in [6.45, 7) is 1.21. The summed E-state index contributed by atoms with van der Waals surface area (Å²) >= 11 is 10.5. The minimum absolute atomic E-state index is 0.291. The highest BCUT2D eigenvalue weighted by Gasteiger charge is 2.06. The second kappa shape index (κ2) is 11.6. The Morgan fingerprint density at radius 1 is 0.645 bits per heavy atom. The molecule has 3 aromatic carbocycles. The number of nitrogens with one attached hydrogen (secondary N) is 5. The van der Waals surface area contributed by atoms with Gasteiger partial charge in [0.05, 0.1) is 0 Å². The summed E-state index contributed by atoms with van der Waals surface area (Å²) in [7, 11) is 0. The molecule has 0 saturated heterocycles. The number of carbonyl (C=O) groups excluding carboxylic acids is 1. The summed E-state index contributed by atoms with van der Waals surface area (Å²) in [4.78, 5) is 12.3. The van der Waals surface area contributed by atoms with E-state index in [1.807, 2.05) is 60.7 Å². The minimum Gasteiger partial charge on any atom is -0.358 e. The van der Waals surface area contributed by atoms with Crippen LogP contribution < -0.4 is 26.8 Å². The number of carbonyl (C=O) groups is 1. The maximum Gasteiger partial charge on any atom is 0.269 e. The van der Waals surface area contributed by atoms with Crippen molar-refractivity contribution in [2.45, 2.75) is 13.1 Å². The van der Waals surface area contributed by atoms with Gasteiger partial charge in [-0.2, -0.15) is 0 Å². The molecule has 0 bridgehead atoms. The third-order valence-corrected chi connectivity index (χ3v) is 4.78. The van der Waals surface area contributed by atoms with Crippen LogP contribution >= 0.6 is 24.4 Å². The number of hydrogen-bond donors (Lipinski definition) is 5. The Kier molecular flexibility index (Phi) is 8.33. The predicted octanol–water partition coefficient (Wildman–Crippen LogP) is 3.48. The molecule has 6 nitrogen and oxygen atoms in total. The van der Waals surface area contributed by atoms with Crippen LogP contribution in [0.4, 0.5) is 5.69 Å². The standard InChI is InChI=1S/C23H23N5OS2/c29-21(27-28-23(31)25-16-18-9-5-2-6-10-18)19-11-13-20(14-12-19)26-22(30)24-15-17-7-3-1-4-8-17/h1-14H,15-16H2,(H,27,29)(H2,24,26,30)(H2,25,28,31). The van der Waals surface area contributed by atoms with Crippen LogP contribution in [0.1, 0.15) is 21.5 Å². The summed E-state index contributed by atoms with van der Waals surface area (Å²) in [6.07, 6.45) is 0. The number of hydrogen-bond acceptors (Lipinski definition) is 3. The van der Waals surface area contributed by atoms with Crippen LogP contribution in [-0.2, 0) is 13.1 Å². The molecular formula is C23H23N5OS2. The molecule has 0 heterocycles. The average Bonchev–Trinajstić information content (AvgIpc) is 2.81. The zero-order valence-corrected chi connectivity index (χ0v) is 18.4. The minimum atomic E-state index is -0.291. The van der Waals surface area contributed by atoms with Crippen molar-refractivity contribution >= 4 is 46.3 Å². The fourth-order valence-corrected chi connectivity index (χ4v) is 2.98. The molecule has 8 heteroatoms. The Morgan fingerprint density at radius 2 is 1.16 bits per heavy atom. The topological polar surface area (TPSA) is 77.2 Å². The molecule has 3 aromatic rings. The molecule has 0 aromatic heterocycles. The van der Waals surface area contributed by atoms with E-state index >= 15 is 0 Å². The van der Waals surface area contributed by atoms with Crippen molar-refractivity contribution in [2.24, 2.45) is 0 Å². The normalized spacial score (nSPS) is 9.94. The average molecular weight is 450 g/mol. The molecule has 0 aliphatic rings. The van der Waals surface area contributed by atoms with E-state index in [-0.39, 0.29) is 5.91 Å². The number of rotatable bonds is 6. The van der Waals surface area contributed by atoms with E-state index in [4.69, 9.17) is 24.4 Å². The summed E-state index contributed by atoms with van der Waals surface area (Å²) < 4.78 is 0. The van der Waals surface area contributed by atoms with Crippen molar-refractivity contribution in [2.75, 3.05) is 5.32 Å². The van der Waals surface area contributed by atoms with Gasteiger partial charge < -0.3 is 16.0 Å². The van der Waals surface area contributed by atoms with Gasteiger partial charge in [-0.1, -0.05) is 60.7 Å². The maximum atomic E-state index is 12.3. The first-order valence-electron chi connectivity index (χ1n) is 9.67. The van der Waals surface area contributed by atoms with Crippen LogP contribution in [-0.4, -0.2) is 16.1 Å². The Balaban J connectivity index is 1.39. The van der Waals surface area contributed by atoms with Gasteiger partial charge in [0, 0.05) is 24.3 Å². The first kappa shape index (κ1) is 22.2. The Labute approximate surface area is 192 Å². The summed E-state index contributed by atoms with van der Waals surface area (Å²) in [5.41, 5.74) is 8.80. The third-order valence-electron chi connectivity index (χ3n) is 4.29. The van der Waals surface area contributed by atoms with Crippen LogP contribution in [0.3, 0.4) is 0 Å². The van der Waals surface area contributed by atoms with Crippen LogP contribution in [0.2, 0.25) is 0 Å². The fourth-order valence-electron chi connectivity index (χ4n) is 2.67. The molecule has 0 fully saturated rings. The van der Waals surface area contributed by atoms with Gasteiger partial charge in [0.1, 0.15) is 0 Å². The molecule has 5 N–H and O–H groups in total. The monoisotopic (exact) mass is 449 g/mol. The van der Waals surface area contributed by atoms with Gasteiger partial charge in [-0.25, -0.2) is 0 Å². The summed E-state index contributed by atoms with van der Waals surface area (Å²) in [5.74, 6) is -0.291. The van der Waals surface area contributed by atoms with E-state index < -0.39 is 0 Å². The van der Waals surface area contributed by atoms with Gasteiger partial charge in [-0.3, -0.25) is 15.6 Å². The molecule has 0 aliphatic heterocycles. The number of thiocarbonyl (C=S) groups is 2. The van der Waals surface area contributed by atoms with Crippen LogP contribution in [0.15, 0.2) is 84.9 Å². The number of amides is 1. The zero-order valence-electron chi connectivity index (χ0n) is 16.7. The lowest BCUT2D eigenvalue weighted by Gasteiger charge is -2.13. The predicted molar refractivity (Wildman–Crippen MR) is 132 cm³/mol. The van der Waals surface area contributed by atoms with Crippen LogP contribution in [0.25, 0.3) is 0 Å². The molecule has 0 aliphatic carbocycles. The Morgan fingerprint density at radius 3 is 1.71 bits per heavy atom. The van der Waals surface area contributed by atoms with Gasteiger partial charge in [0.25, 0.3) is 5.91 Å². The first-order valence-corrected chi connectivity index (χ1v) is 10.5. The van der Waals surface area contributed by atoms with Crippen molar-refractivity contribution in [3.05, 3.63) is 102 Å². The van der Waals surface area contributed by atoms with Gasteiger partial charge in [-0.05, 0) is 59.8 Å². The molecule has 0 spiro atoms. The van der Waals surface area contributed by atoms with E-state index in [0.29, 0.717) is 28.9 Å². The van der Waals surface area contributed by atoms with E-state index in [1.54, 1.807) is 24.3 Å². The SMILES string of the molecule is O=C(NNC(=S)NCc1ccccc1)c1ccc(NC(=S)NCc2ccccc2)cc1. The highest BCUT2D eigenvalue weighted by molar-refractivity contribution is 7.80. The molecule has 158 valence electrons. The molecule has 0 unspecified atom stereocenters. The zero-order chi connectivity index (χ0) is 21.9. The van der Waals surface area contributed by atoms with E-state index in [2.05, 4.69) is 26.8 Å². The third kappa shape index (κ3) is 7.69. The highest BCUT2D eigenvalue weighted by atomic mass is 32.1. The van der Waals surface area contributed by atoms with Crippen molar-refractivity contribution in [3.8, 4) is 0 Å². The second-order valence-electron chi connectivity index (χ2n) is 6.62. The van der Waals surface area contributed by atoms with Gasteiger partial charge >= 0.3 is 0 Å². The molecule has 0 saturated carbocycles. The molecule has 1 amide bonds. The summed E-state index contributed by atoms with van der Waals surface area (Å²) in [6, 6.07) is 26.8. The van der Waals surface area contributed by atoms with Gasteiger partial charge in [0.2, 0.25) is 0 Å². The van der Waals surface area contributed by atoms with Crippen LogP contribution in [0, 0.1) is 0 Å². The second-order valence-corrected chi connectivity index (χ2v) is 7.43. The largest absolute Gasteiger partial charge is 0.358 e. The molecule has 31 heavy (non-hydrogen) atoms. The Hall–Kier alpha value is -3.49. The number of benzene rings is 3. The van der Waals surface area contributed by atoms with E-state index in [0.717, 1.165) is 16.8 Å². The molecule has 0 atom stereocenters. The lowest BCUT2D eigenvalue weighted by Crippen LogP contribution is -2.46. The number of hydrazine groups is 1. The van der Waals surface area contributed by atoms with Crippen molar-refractivity contribution < 1.29 is 4.79 Å². The van der Waals surface area contributed by atoms with E-state index in [9.17, 15) is 4.79 Å². The van der Waals surface area contributed by atoms with Gasteiger partial charge in [0.15, 0.2) is 10.2 Å². The lowest BCUT2D eigenvalue weighted by atomic mass is 10.2. The number of anilines is 1. The van der Waals surface area contributed by atoms with Crippen molar-refractivity contribution in [1.29, 1.82) is 0 Å². The van der Waals surface area contributed by atoms with Gasteiger partial charge in [-0.15, -0.1) is 0 Å². The molecule has 0 radical (unpaired) electrons. The van der Waals surface area contributed by atoms with Crippen molar-refractivity contribution in [1.82, 2.24) is 21.5 Å². The van der Waals surface area contributed by atoms with Crippen LogP contribution in [0.5, 0.6) is 0 Å². The van der Waals surface area contributed by atoms with Crippen molar-refractivity contribution in [3.63, 3.8) is 0 Å². The van der Waals surface area contributed by atoms with E-state index in [1.165, 1.54) is 0 Å². The Bertz CT molecular complexity index is 1010. The molecule has 3 rings (SSSR count). The lowest BCUT2D eigenvalue weighted by molar-refractivity contribution is 0.0943. The highest BCUT2D eigenvalue weighted by Crippen LogP contribution is 2.09. The smallest absolute Gasteiger partial charge is 0.269 e. The molecular weight excluding hydrogens is 426 g/mol. The first-order chi connectivity index (χ1) is 15.1. The maximum absolute atomic E-state index is 12.3.